The Labute approximate surface area is 159 Å². The summed E-state index contributed by atoms with van der Waals surface area (Å²) in [7, 11) is 0. The average Bonchev–Trinajstić information content (AvgIpc) is 2.61. The molecule has 148 valence electrons. The molecule has 1 aromatic rings. The third kappa shape index (κ3) is 5.77. The third-order valence-electron chi connectivity index (χ3n) is 5.27. The Morgan fingerprint density at radius 2 is 1.85 bits per heavy atom. The smallest absolute Gasteiger partial charge is 0.309 e. The summed E-state index contributed by atoms with van der Waals surface area (Å²) < 4.78 is 5.34. The van der Waals surface area contributed by atoms with Gasteiger partial charge in [-0.05, 0) is 50.0 Å². The minimum absolute atomic E-state index is 0.118. The standard InChI is InChI=1S/C20H28N2O5/c1-13(18(23)21-16-6-5-7-17(12-16)22(25)26)27-19(24)14-8-10-15(11-9-14)20(2,3)4/h5-7,12-15H,8-11H2,1-4H3,(H,21,23). The maximum atomic E-state index is 12.4. The van der Waals surface area contributed by atoms with Crippen LogP contribution >= 0.6 is 0 Å². The summed E-state index contributed by atoms with van der Waals surface area (Å²) in [4.78, 5) is 34.9. The van der Waals surface area contributed by atoms with Crippen LogP contribution in [0, 0.1) is 27.4 Å². The zero-order valence-electron chi connectivity index (χ0n) is 16.4. The van der Waals surface area contributed by atoms with E-state index in [0.29, 0.717) is 11.6 Å². The summed E-state index contributed by atoms with van der Waals surface area (Å²) in [5, 5.41) is 13.4. The van der Waals surface area contributed by atoms with Crippen LogP contribution in [0.5, 0.6) is 0 Å². The summed E-state index contributed by atoms with van der Waals surface area (Å²) in [5.41, 5.74) is 0.413. The molecular weight excluding hydrogens is 348 g/mol. The van der Waals surface area contributed by atoms with Crippen molar-refractivity contribution in [2.45, 2.75) is 59.5 Å². The number of amides is 1. The number of non-ortho nitro benzene ring substituents is 1. The Kier molecular flexibility index (Phi) is 6.57. The number of carbonyl (C=O) groups is 2. The number of anilines is 1. The lowest BCUT2D eigenvalue weighted by Gasteiger charge is -2.36. The van der Waals surface area contributed by atoms with Crippen molar-refractivity contribution in [1.82, 2.24) is 0 Å². The van der Waals surface area contributed by atoms with E-state index < -0.39 is 16.9 Å². The van der Waals surface area contributed by atoms with E-state index in [0.717, 1.165) is 25.7 Å². The molecule has 0 radical (unpaired) electrons. The summed E-state index contributed by atoms with van der Waals surface area (Å²) >= 11 is 0. The first-order chi connectivity index (χ1) is 12.6. The second-order valence-corrected chi connectivity index (χ2v) is 8.29. The van der Waals surface area contributed by atoms with Crippen molar-refractivity contribution in [2.24, 2.45) is 17.3 Å². The molecule has 1 aromatic carbocycles. The Morgan fingerprint density at radius 3 is 2.41 bits per heavy atom. The lowest BCUT2D eigenvalue weighted by atomic mass is 9.70. The van der Waals surface area contributed by atoms with Crippen molar-refractivity contribution >= 4 is 23.3 Å². The predicted molar refractivity (Wildman–Crippen MR) is 102 cm³/mol. The van der Waals surface area contributed by atoms with Gasteiger partial charge >= 0.3 is 5.97 Å². The van der Waals surface area contributed by atoms with Crippen molar-refractivity contribution in [3.63, 3.8) is 0 Å². The predicted octanol–water partition coefficient (Wildman–Crippen LogP) is 4.32. The summed E-state index contributed by atoms with van der Waals surface area (Å²) in [6.07, 6.45) is 2.56. The van der Waals surface area contributed by atoms with Crippen LogP contribution in [0.3, 0.4) is 0 Å². The molecule has 1 unspecified atom stereocenters. The first kappa shape index (κ1) is 20.9. The highest BCUT2D eigenvalue weighted by molar-refractivity contribution is 5.95. The van der Waals surface area contributed by atoms with Crippen LogP contribution < -0.4 is 5.32 Å². The number of benzene rings is 1. The average molecular weight is 376 g/mol. The zero-order valence-corrected chi connectivity index (χ0v) is 16.4. The maximum Gasteiger partial charge on any atom is 0.309 e. The van der Waals surface area contributed by atoms with Crippen molar-refractivity contribution in [3.8, 4) is 0 Å². The van der Waals surface area contributed by atoms with Gasteiger partial charge in [-0.2, -0.15) is 0 Å². The molecule has 1 fully saturated rings. The molecular formula is C20H28N2O5. The van der Waals surface area contributed by atoms with Crippen LogP contribution in [-0.4, -0.2) is 22.9 Å². The highest BCUT2D eigenvalue weighted by atomic mass is 16.6. The number of esters is 1. The topological polar surface area (TPSA) is 98.5 Å². The van der Waals surface area contributed by atoms with Crippen LogP contribution in [0.2, 0.25) is 0 Å². The maximum absolute atomic E-state index is 12.4. The van der Waals surface area contributed by atoms with Gasteiger partial charge in [0.2, 0.25) is 0 Å². The fourth-order valence-electron chi connectivity index (χ4n) is 3.46. The minimum Gasteiger partial charge on any atom is -0.452 e. The van der Waals surface area contributed by atoms with E-state index in [1.165, 1.54) is 25.1 Å². The molecule has 0 aliphatic heterocycles. The Bertz CT molecular complexity index is 703. The number of hydrogen-bond acceptors (Lipinski definition) is 5. The lowest BCUT2D eigenvalue weighted by Crippen LogP contribution is -2.34. The van der Waals surface area contributed by atoms with Crippen LogP contribution in [0.4, 0.5) is 11.4 Å². The SMILES string of the molecule is CC(OC(=O)C1CCC(C(C)(C)C)CC1)C(=O)Nc1cccc([N+](=O)[O-])c1. The van der Waals surface area contributed by atoms with Gasteiger partial charge in [0.25, 0.3) is 11.6 Å². The van der Waals surface area contributed by atoms with E-state index in [1.54, 1.807) is 6.07 Å². The Balaban J connectivity index is 1.86. The van der Waals surface area contributed by atoms with Crippen LogP contribution in [0.25, 0.3) is 0 Å². The molecule has 2 rings (SSSR count). The molecule has 0 saturated heterocycles. The van der Waals surface area contributed by atoms with E-state index in [2.05, 4.69) is 26.1 Å². The summed E-state index contributed by atoms with van der Waals surface area (Å²) in [6.45, 7) is 8.16. The molecule has 1 saturated carbocycles. The van der Waals surface area contributed by atoms with Crippen molar-refractivity contribution in [2.75, 3.05) is 5.32 Å². The van der Waals surface area contributed by atoms with Gasteiger partial charge in [-0.3, -0.25) is 19.7 Å². The minimum atomic E-state index is -0.961. The van der Waals surface area contributed by atoms with Gasteiger partial charge in [-0.15, -0.1) is 0 Å². The Morgan fingerprint density at radius 1 is 1.22 bits per heavy atom. The molecule has 27 heavy (non-hydrogen) atoms. The molecule has 0 spiro atoms. The van der Waals surface area contributed by atoms with Gasteiger partial charge in [-0.25, -0.2) is 0 Å². The van der Waals surface area contributed by atoms with Gasteiger partial charge in [0, 0.05) is 17.8 Å². The first-order valence-corrected chi connectivity index (χ1v) is 9.33. The second kappa shape index (κ2) is 8.50. The van der Waals surface area contributed by atoms with Gasteiger partial charge in [0.15, 0.2) is 6.10 Å². The monoisotopic (exact) mass is 376 g/mol. The molecule has 1 aliphatic rings. The molecule has 1 atom stereocenters. The zero-order chi connectivity index (χ0) is 20.2. The number of nitrogens with one attached hydrogen (secondary N) is 1. The first-order valence-electron chi connectivity index (χ1n) is 9.33. The molecule has 7 nitrogen and oxygen atoms in total. The fraction of sp³-hybridized carbons (Fsp3) is 0.600. The number of nitro benzene ring substituents is 1. The lowest BCUT2D eigenvalue weighted by molar-refractivity contribution is -0.384. The largest absolute Gasteiger partial charge is 0.452 e. The van der Waals surface area contributed by atoms with Crippen molar-refractivity contribution in [1.29, 1.82) is 0 Å². The van der Waals surface area contributed by atoms with Crippen LogP contribution in [-0.2, 0) is 14.3 Å². The van der Waals surface area contributed by atoms with Gasteiger partial charge in [-0.1, -0.05) is 26.8 Å². The van der Waals surface area contributed by atoms with E-state index in [1.807, 2.05) is 0 Å². The quantitative estimate of drug-likeness (QED) is 0.469. The molecule has 1 aliphatic carbocycles. The van der Waals surface area contributed by atoms with E-state index in [9.17, 15) is 19.7 Å². The van der Waals surface area contributed by atoms with Crippen LogP contribution in [0.1, 0.15) is 53.4 Å². The highest BCUT2D eigenvalue weighted by Gasteiger charge is 2.34. The van der Waals surface area contributed by atoms with Crippen LogP contribution in [0.15, 0.2) is 24.3 Å². The Hall–Kier alpha value is -2.44. The number of nitro groups is 1. The number of carbonyl (C=O) groups excluding carboxylic acids is 2. The van der Waals surface area contributed by atoms with Crippen molar-refractivity contribution < 1.29 is 19.2 Å². The molecule has 0 heterocycles. The van der Waals surface area contributed by atoms with Crippen molar-refractivity contribution in [3.05, 3.63) is 34.4 Å². The molecule has 1 amide bonds. The molecule has 1 N–H and O–H groups in total. The third-order valence-corrected chi connectivity index (χ3v) is 5.27. The molecule has 0 aromatic heterocycles. The number of hydrogen-bond donors (Lipinski definition) is 1. The number of rotatable bonds is 5. The summed E-state index contributed by atoms with van der Waals surface area (Å²) in [5.74, 6) is -0.427. The number of ether oxygens (including phenoxy) is 1. The van der Waals surface area contributed by atoms with Gasteiger partial charge < -0.3 is 10.1 Å². The number of nitrogens with zero attached hydrogens (tertiary/aromatic N) is 1. The van der Waals surface area contributed by atoms with E-state index >= 15 is 0 Å². The highest BCUT2D eigenvalue weighted by Crippen LogP contribution is 2.40. The summed E-state index contributed by atoms with van der Waals surface area (Å²) in [6, 6.07) is 5.64. The van der Waals surface area contributed by atoms with E-state index in [-0.39, 0.29) is 23.0 Å². The van der Waals surface area contributed by atoms with Gasteiger partial charge in [0.1, 0.15) is 0 Å². The molecule has 7 heteroatoms. The fourth-order valence-corrected chi connectivity index (χ4v) is 3.46. The van der Waals surface area contributed by atoms with Gasteiger partial charge in [0.05, 0.1) is 10.8 Å². The normalized spacial score (nSPS) is 21.2. The van der Waals surface area contributed by atoms with E-state index in [4.69, 9.17) is 4.74 Å². The second-order valence-electron chi connectivity index (χ2n) is 8.29. The molecule has 0 bridgehead atoms.